The number of methoxy groups -OCH3 is 2. The fourth-order valence-electron chi connectivity index (χ4n) is 5.07. The third kappa shape index (κ3) is 4.96. The first-order valence-electron chi connectivity index (χ1n) is 12.3. The number of aromatic nitrogens is 3. The van der Waals surface area contributed by atoms with Gasteiger partial charge in [-0.2, -0.15) is 10.4 Å². The number of benzene rings is 2. The Balaban J connectivity index is 1.46. The van der Waals surface area contributed by atoms with Crippen molar-refractivity contribution in [2.45, 2.75) is 30.5 Å². The number of nitrogens with one attached hydrogen (secondary N) is 1. The van der Waals surface area contributed by atoms with Gasteiger partial charge in [-0.15, -0.1) is 0 Å². The van der Waals surface area contributed by atoms with Crippen LogP contribution in [-0.2, 0) is 30.7 Å². The fourth-order valence-corrected chi connectivity index (χ4v) is 6.09. The van der Waals surface area contributed by atoms with Crippen molar-refractivity contribution in [3.05, 3.63) is 53.3 Å². The highest BCUT2D eigenvalue weighted by atomic mass is 32.2. The lowest BCUT2D eigenvalue weighted by Crippen LogP contribution is -2.61. The summed E-state index contributed by atoms with van der Waals surface area (Å²) in [6.07, 6.45) is 4.54. The number of aromatic amines is 1. The number of carbonyl (C=O) groups is 1. The van der Waals surface area contributed by atoms with Crippen LogP contribution in [0.2, 0.25) is 0 Å². The molecule has 11 nitrogen and oxygen atoms in total. The number of ether oxygens (including phenoxy) is 3. The van der Waals surface area contributed by atoms with E-state index in [1.54, 1.807) is 29.1 Å². The van der Waals surface area contributed by atoms with E-state index in [4.69, 9.17) is 19.3 Å². The van der Waals surface area contributed by atoms with Gasteiger partial charge in [0, 0.05) is 60.7 Å². The summed E-state index contributed by atoms with van der Waals surface area (Å²) in [6.45, 7) is 3.19. The zero-order valence-electron chi connectivity index (χ0n) is 22.1. The molecule has 1 N–H and O–H groups in total. The lowest BCUT2D eigenvalue weighted by atomic mass is 10.1. The van der Waals surface area contributed by atoms with Crippen molar-refractivity contribution in [1.82, 2.24) is 19.7 Å². The number of carbonyl (C=O) groups excluding carboxylic acids is 1. The summed E-state index contributed by atoms with van der Waals surface area (Å²) >= 11 is 0. The standard InChI is InChI=1S/C27H29N5O6S/c1-16-9-23(39(4,34)35)21(20-7-8-29-24(16)20)14-32-11-18-6-5-17(10-28)26(25(18)30-32)38-19-12-31(13-19)22(15-36-2)27(33)37-3/h5-9,11,19,22,29H,12-15H2,1-4H3. The van der Waals surface area contributed by atoms with E-state index in [1.807, 2.05) is 24.1 Å². The number of fused-ring (bicyclic) bond motifs is 2. The molecule has 0 radical (unpaired) electrons. The van der Waals surface area contributed by atoms with Crippen LogP contribution in [0.4, 0.5) is 0 Å². The highest BCUT2D eigenvalue weighted by Crippen LogP contribution is 2.33. The maximum absolute atomic E-state index is 12.7. The van der Waals surface area contributed by atoms with Gasteiger partial charge in [-0.3, -0.25) is 14.4 Å². The minimum Gasteiger partial charge on any atom is -0.484 e. The number of hydrogen-bond acceptors (Lipinski definition) is 9. The molecule has 39 heavy (non-hydrogen) atoms. The van der Waals surface area contributed by atoms with Crippen molar-refractivity contribution in [1.29, 1.82) is 5.26 Å². The molecule has 0 amide bonds. The quantitative estimate of drug-likeness (QED) is 0.311. The van der Waals surface area contributed by atoms with Crippen molar-refractivity contribution < 1.29 is 27.4 Å². The van der Waals surface area contributed by atoms with Gasteiger partial charge in [0.2, 0.25) is 0 Å². The van der Waals surface area contributed by atoms with Gasteiger partial charge in [0.05, 0.1) is 30.7 Å². The van der Waals surface area contributed by atoms with E-state index in [0.29, 0.717) is 35.5 Å². The Morgan fingerprint density at radius 1 is 1.28 bits per heavy atom. The van der Waals surface area contributed by atoms with Crippen molar-refractivity contribution in [3.63, 3.8) is 0 Å². The molecule has 0 saturated carbocycles. The lowest BCUT2D eigenvalue weighted by Gasteiger charge is -2.42. The number of esters is 1. The van der Waals surface area contributed by atoms with E-state index in [1.165, 1.54) is 20.5 Å². The number of sulfone groups is 1. The molecule has 2 aromatic carbocycles. The van der Waals surface area contributed by atoms with Gasteiger partial charge in [-0.1, -0.05) is 0 Å². The smallest absolute Gasteiger partial charge is 0.325 e. The molecule has 1 saturated heterocycles. The van der Waals surface area contributed by atoms with E-state index in [9.17, 15) is 18.5 Å². The molecule has 1 aliphatic heterocycles. The largest absolute Gasteiger partial charge is 0.484 e. The molecule has 1 atom stereocenters. The van der Waals surface area contributed by atoms with Gasteiger partial charge in [-0.05, 0) is 36.8 Å². The molecule has 1 aliphatic rings. The van der Waals surface area contributed by atoms with Gasteiger partial charge in [0.25, 0.3) is 0 Å². The molecule has 0 aliphatic carbocycles. The van der Waals surface area contributed by atoms with Crippen LogP contribution in [0.15, 0.2) is 41.6 Å². The maximum Gasteiger partial charge on any atom is 0.325 e. The molecule has 3 heterocycles. The summed E-state index contributed by atoms with van der Waals surface area (Å²) in [5.41, 5.74) is 3.20. The topological polar surface area (TPSA) is 140 Å². The second-order valence-electron chi connectivity index (χ2n) is 9.72. The van der Waals surface area contributed by atoms with E-state index >= 15 is 0 Å². The second kappa shape index (κ2) is 10.3. The van der Waals surface area contributed by atoms with Gasteiger partial charge >= 0.3 is 5.97 Å². The Labute approximate surface area is 225 Å². The monoisotopic (exact) mass is 551 g/mol. The normalized spacial score (nSPS) is 15.3. The summed E-state index contributed by atoms with van der Waals surface area (Å²) in [7, 11) is -0.637. The number of aryl methyl sites for hydroxylation is 1. The van der Waals surface area contributed by atoms with Crippen LogP contribution in [0, 0.1) is 18.3 Å². The van der Waals surface area contributed by atoms with Crippen LogP contribution in [-0.4, -0.2) is 86.4 Å². The van der Waals surface area contributed by atoms with Crippen LogP contribution >= 0.6 is 0 Å². The average molecular weight is 552 g/mol. The van der Waals surface area contributed by atoms with Crippen LogP contribution in [0.1, 0.15) is 16.7 Å². The number of rotatable bonds is 9. The molecular weight excluding hydrogens is 522 g/mol. The Kier molecular flexibility index (Phi) is 7.07. The molecule has 4 aromatic rings. The Morgan fingerprint density at radius 3 is 2.72 bits per heavy atom. The number of likely N-dealkylation sites (tertiary alicyclic amines) is 1. The average Bonchev–Trinajstić information content (AvgIpc) is 3.53. The zero-order chi connectivity index (χ0) is 27.9. The predicted molar refractivity (Wildman–Crippen MR) is 143 cm³/mol. The van der Waals surface area contributed by atoms with Gasteiger partial charge in [0.15, 0.2) is 15.6 Å². The molecular formula is C27H29N5O6S. The second-order valence-corrected chi connectivity index (χ2v) is 11.7. The third-order valence-corrected chi connectivity index (χ3v) is 8.19. The summed E-state index contributed by atoms with van der Waals surface area (Å²) in [6, 6.07) is 8.66. The number of nitrogens with zero attached hydrogens (tertiary/aromatic N) is 4. The summed E-state index contributed by atoms with van der Waals surface area (Å²) in [5.74, 6) is -0.0197. The maximum atomic E-state index is 12.7. The lowest BCUT2D eigenvalue weighted by molar-refractivity contribution is -0.153. The number of H-pyrrole nitrogens is 1. The zero-order valence-corrected chi connectivity index (χ0v) is 22.9. The van der Waals surface area contributed by atoms with E-state index < -0.39 is 15.9 Å². The number of nitriles is 1. The van der Waals surface area contributed by atoms with Crippen molar-refractivity contribution >= 4 is 37.6 Å². The predicted octanol–water partition coefficient (Wildman–Crippen LogP) is 2.40. The molecule has 12 heteroatoms. The van der Waals surface area contributed by atoms with Gasteiger partial charge in [-0.25, -0.2) is 8.42 Å². The minimum atomic E-state index is -3.50. The van der Waals surface area contributed by atoms with Crippen LogP contribution in [0.5, 0.6) is 5.75 Å². The molecule has 204 valence electrons. The van der Waals surface area contributed by atoms with Crippen LogP contribution < -0.4 is 4.74 Å². The van der Waals surface area contributed by atoms with Crippen molar-refractivity contribution in [3.8, 4) is 11.8 Å². The molecule has 0 spiro atoms. The molecule has 2 aromatic heterocycles. The Hall–Kier alpha value is -3.92. The molecule has 0 bridgehead atoms. The SMILES string of the molecule is COCC(C(=O)OC)N1CC(Oc2c(C#N)ccc3cn(Cc4c(S(C)(=O)=O)cc(C)c5[nH]ccc45)nc23)C1. The first-order valence-corrected chi connectivity index (χ1v) is 14.2. The fraction of sp³-hybridized carbons (Fsp3) is 0.370. The highest BCUT2D eigenvalue weighted by Gasteiger charge is 2.38. The highest BCUT2D eigenvalue weighted by molar-refractivity contribution is 7.90. The summed E-state index contributed by atoms with van der Waals surface area (Å²) in [5, 5.41) is 16.0. The van der Waals surface area contributed by atoms with Crippen molar-refractivity contribution in [2.75, 3.05) is 40.2 Å². The minimum absolute atomic E-state index is 0.200. The van der Waals surface area contributed by atoms with Gasteiger partial charge < -0.3 is 19.2 Å². The van der Waals surface area contributed by atoms with E-state index in [2.05, 4.69) is 11.1 Å². The Morgan fingerprint density at radius 2 is 2.05 bits per heavy atom. The molecule has 1 unspecified atom stereocenters. The van der Waals surface area contributed by atoms with Crippen LogP contribution in [0.25, 0.3) is 21.8 Å². The first-order chi connectivity index (χ1) is 18.6. The third-order valence-electron chi connectivity index (χ3n) is 7.03. The summed E-state index contributed by atoms with van der Waals surface area (Å²) in [4.78, 5) is 17.5. The van der Waals surface area contributed by atoms with Gasteiger partial charge in [0.1, 0.15) is 23.7 Å². The van der Waals surface area contributed by atoms with Crippen LogP contribution in [0.3, 0.4) is 0 Å². The molecule has 1 fully saturated rings. The first kappa shape index (κ1) is 26.7. The van der Waals surface area contributed by atoms with E-state index in [0.717, 1.165) is 21.9 Å². The van der Waals surface area contributed by atoms with Crippen molar-refractivity contribution in [2.24, 2.45) is 0 Å². The van der Waals surface area contributed by atoms with E-state index in [-0.39, 0.29) is 30.1 Å². The molecule has 5 rings (SSSR count). The Bertz CT molecular complexity index is 1710. The number of hydrogen-bond donors (Lipinski definition) is 1. The summed E-state index contributed by atoms with van der Waals surface area (Å²) < 4.78 is 43.3.